The van der Waals surface area contributed by atoms with Gasteiger partial charge in [-0.25, -0.2) is 0 Å². The van der Waals surface area contributed by atoms with Gasteiger partial charge in [-0.15, -0.1) is 0 Å². The first-order valence-corrected chi connectivity index (χ1v) is 6.17. The fourth-order valence-corrected chi connectivity index (χ4v) is 2.25. The Bertz CT molecular complexity index is 101. The normalized spacial score (nSPS) is 16.2. The van der Waals surface area contributed by atoms with Gasteiger partial charge in [0.25, 0.3) is 0 Å². The summed E-state index contributed by atoms with van der Waals surface area (Å²) in [6.45, 7) is 11.8. The second-order valence-electron chi connectivity index (χ2n) is 4.58. The SMILES string of the molecule is CCCC(CCC)C(C)C(C)CC. The molecule has 0 amide bonds. The number of rotatable bonds is 7. The molecule has 2 unspecified atom stereocenters. The molecule has 0 nitrogen and oxygen atoms in total. The highest BCUT2D eigenvalue weighted by molar-refractivity contribution is 4.70. The molecule has 0 spiro atoms. The minimum Gasteiger partial charge on any atom is -0.0654 e. The molecule has 0 aliphatic heterocycles. The fraction of sp³-hybridized carbons (Fsp3) is 1.00. The van der Waals surface area contributed by atoms with Crippen LogP contribution in [0.2, 0.25) is 0 Å². The Morgan fingerprint density at radius 1 is 0.846 bits per heavy atom. The molecule has 0 aromatic rings. The Morgan fingerprint density at radius 2 is 1.31 bits per heavy atom. The van der Waals surface area contributed by atoms with Crippen LogP contribution < -0.4 is 0 Å². The number of hydrogen-bond donors (Lipinski definition) is 0. The second kappa shape index (κ2) is 7.41. The van der Waals surface area contributed by atoms with Crippen molar-refractivity contribution >= 4 is 0 Å². The Morgan fingerprint density at radius 3 is 1.62 bits per heavy atom. The molecular weight excluding hydrogens is 156 g/mol. The lowest BCUT2D eigenvalue weighted by molar-refractivity contribution is 0.227. The predicted octanol–water partition coefficient (Wildman–Crippen LogP) is 4.89. The van der Waals surface area contributed by atoms with E-state index in [1.165, 1.54) is 32.1 Å². The maximum Gasteiger partial charge on any atom is -0.0386 e. The van der Waals surface area contributed by atoms with E-state index in [0.29, 0.717) is 0 Å². The standard InChI is InChI=1S/C13H28/c1-6-9-13(10-7-2)12(5)11(4)8-3/h11-13H,6-10H2,1-5H3. The highest BCUT2D eigenvalue weighted by Crippen LogP contribution is 2.29. The Hall–Kier alpha value is 0. The monoisotopic (exact) mass is 184 g/mol. The van der Waals surface area contributed by atoms with Crippen molar-refractivity contribution in [1.29, 1.82) is 0 Å². The average molecular weight is 184 g/mol. The molecule has 0 saturated carbocycles. The zero-order valence-electron chi connectivity index (χ0n) is 10.3. The van der Waals surface area contributed by atoms with E-state index >= 15 is 0 Å². The van der Waals surface area contributed by atoms with Gasteiger partial charge in [0, 0.05) is 0 Å². The molecule has 0 saturated heterocycles. The van der Waals surface area contributed by atoms with Crippen LogP contribution in [0.3, 0.4) is 0 Å². The molecule has 0 N–H and O–H groups in total. The third-order valence-corrected chi connectivity index (χ3v) is 3.60. The summed E-state index contributed by atoms with van der Waals surface area (Å²) in [5, 5.41) is 0. The summed E-state index contributed by atoms with van der Waals surface area (Å²) in [7, 11) is 0. The molecule has 0 radical (unpaired) electrons. The van der Waals surface area contributed by atoms with Gasteiger partial charge in [-0.2, -0.15) is 0 Å². The maximum atomic E-state index is 2.45. The first-order chi connectivity index (χ1) is 6.17. The molecule has 0 aromatic heterocycles. The Labute approximate surface area is 85.1 Å². The first kappa shape index (κ1) is 13.0. The first-order valence-electron chi connectivity index (χ1n) is 6.17. The van der Waals surface area contributed by atoms with Crippen molar-refractivity contribution in [3.05, 3.63) is 0 Å². The maximum absolute atomic E-state index is 2.45. The van der Waals surface area contributed by atoms with Gasteiger partial charge in [-0.1, -0.05) is 66.7 Å². The third-order valence-electron chi connectivity index (χ3n) is 3.60. The zero-order chi connectivity index (χ0) is 10.3. The van der Waals surface area contributed by atoms with Gasteiger partial charge in [0.2, 0.25) is 0 Å². The summed E-state index contributed by atoms with van der Waals surface area (Å²) in [6, 6.07) is 0. The lowest BCUT2D eigenvalue weighted by atomic mass is 9.78. The topological polar surface area (TPSA) is 0 Å². The van der Waals surface area contributed by atoms with E-state index in [-0.39, 0.29) is 0 Å². The lowest BCUT2D eigenvalue weighted by Crippen LogP contribution is -2.18. The summed E-state index contributed by atoms with van der Waals surface area (Å²) in [6.07, 6.45) is 6.90. The average Bonchev–Trinajstić information content (AvgIpc) is 2.15. The molecular formula is C13H28. The fourth-order valence-electron chi connectivity index (χ4n) is 2.25. The van der Waals surface area contributed by atoms with Gasteiger partial charge >= 0.3 is 0 Å². The second-order valence-corrected chi connectivity index (χ2v) is 4.58. The molecule has 13 heavy (non-hydrogen) atoms. The molecule has 0 aliphatic rings. The van der Waals surface area contributed by atoms with E-state index in [1.807, 2.05) is 0 Å². The molecule has 0 heteroatoms. The van der Waals surface area contributed by atoms with Gasteiger partial charge in [0.15, 0.2) is 0 Å². The van der Waals surface area contributed by atoms with E-state index in [1.54, 1.807) is 0 Å². The van der Waals surface area contributed by atoms with Crippen LogP contribution in [0.15, 0.2) is 0 Å². The minimum absolute atomic E-state index is 0.906. The van der Waals surface area contributed by atoms with Crippen molar-refractivity contribution in [3.8, 4) is 0 Å². The number of hydrogen-bond acceptors (Lipinski definition) is 0. The van der Waals surface area contributed by atoms with Crippen LogP contribution in [0.4, 0.5) is 0 Å². The van der Waals surface area contributed by atoms with E-state index < -0.39 is 0 Å². The smallest absolute Gasteiger partial charge is 0.0386 e. The van der Waals surface area contributed by atoms with Crippen molar-refractivity contribution in [2.45, 2.75) is 66.7 Å². The van der Waals surface area contributed by atoms with Gasteiger partial charge in [-0.05, 0) is 17.8 Å². The van der Waals surface area contributed by atoms with Crippen LogP contribution in [0.25, 0.3) is 0 Å². The molecule has 0 aromatic carbocycles. The molecule has 0 fully saturated rings. The summed E-state index contributed by atoms with van der Waals surface area (Å²) >= 11 is 0. The van der Waals surface area contributed by atoms with Crippen LogP contribution >= 0.6 is 0 Å². The zero-order valence-corrected chi connectivity index (χ0v) is 10.3. The highest BCUT2D eigenvalue weighted by atomic mass is 14.2. The third kappa shape index (κ3) is 4.69. The van der Waals surface area contributed by atoms with Gasteiger partial charge in [0.1, 0.15) is 0 Å². The van der Waals surface area contributed by atoms with E-state index in [4.69, 9.17) is 0 Å². The largest absolute Gasteiger partial charge is 0.0654 e. The molecule has 0 bridgehead atoms. The molecule has 0 rings (SSSR count). The summed E-state index contributed by atoms with van der Waals surface area (Å²) in [4.78, 5) is 0. The van der Waals surface area contributed by atoms with Crippen molar-refractivity contribution in [1.82, 2.24) is 0 Å². The van der Waals surface area contributed by atoms with Crippen LogP contribution in [0.1, 0.15) is 66.7 Å². The summed E-state index contributed by atoms with van der Waals surface area (Å²) in [5.41, 5.74) is 0. The van der Waals surface area contributed by atoms with Gasteiger partial charge < -0.3 is 0 Å². The summed E-state index contributed by atoms with van der Waals surface area (Å²) in [5.74, 6) is 2.80. The highest BCUT2D eigenvalue weighted by Gasteiger charge is 2.19. The summed E-state index contributed by atoms with van der Waals surface area (Å²) < 4.78 is 0. The molecule has 0 aliphatic carbocycles. The van der Waals surface area contributed by atoms with Crippen molar-refractivity contribution in [2.24, 2.45) is 17.8 Å². The van der Waals surface area contributed by atoms with Gasteiger partial charge in [-0.3, -0.25) is 0 Å². The molecule has 2 atom stereocenters. The lowest BCUT2D eigenvalue weighted by Gasteiger charge is -2.28. The Kier molecular flexibility index (Phi) is 7.41. The van der Waals surface area contributed by atoms with Gasteiger partial charge in [0.05, 0.1) is 0 Å². The van der Waals surface area contributed by atoms with E-state index in [0.717, 1.165) is 17.8 Å². The van der Waals surface area contributed by atoms with Crippen molar-refractivity contribution < 1.29 is 0 Å². The molecule has 0 heterocycles. The van der Waals surface area contributed by atoms with Crippen LogP contribution in [0.5, 0.6) is 0 Å². The predicted molar refractivity (Wildman–Crippen MR) is 61.9 cm³/mol. The van der Waals surface area contributed by atoms with Crippen molar-refractivity contribution in [3.63, 3.8) is 0 Å². The Balaban J connectivity index is 4.00. The van der Waals surface area contributed by atoms with Crippen molar-refractivity contribution in [2.75, 3.05) is 0 Å². The van der Waals surface area contributed by atoms with Crippen LogP contribution in [0, 0.1) is 17.8 Å². The molecule has 80 valence electrons. The quantitative estimate of drug-likeness (QED) is 0.528. The minimum atomic E-state index is 0.906. The van der Waals surface area contributed by atoms with Crippen LogP contribution in [-0.2, 0) is 0 Å². The van der Waals surface area contributed by atoms with Crippen LogP contribution in [-0.4, -0.2) is 0 Å². The van der Waals surface area contributed by atoms with E-state index in [9.17, 15) is 0 Å². The van der Waals surface area contributed by atoms with E-state index in [2.05, 4.69) is 34.6 Å².